The van der Waals surface area contributed by atoms with Gasteiger partial charge in [-0.05, 0) is 81.3 Å². The zero-order valence-electron chi connectivity index (χ0n) is 30.2. The monoisotopic (exact) mass is 693 g/mol. The lowest BCUT2D eigenvalue weighted by Crippen LogP contribution is -2.48. The molecule has 3 aromatic carbocycles. The van der Waals surface area contributed by atoms with Crippen LogP contribution in [-0.4, -0.2) is 91.1 Å². The Balaban J connectivity index is 1.40. The van der Waals surface area contributed by atoms with E-state index in [1.54, 1.807) is 36.1 Å². The molecule has 0 N–H and O–H groups in total. The van der Waals surface area contributed by atoms with Gasteiger partial charge in [0.25, 0.3) is 5.69 Å². The van der Waals surface area contributed by atoms with Gasteiger partial charge in [0.1, 0.15) is 0 Å². The summed E-state index contributed by atoms with van der Waals surface area (Å²) in [4.78, 5) is 47.5. The third kappa shape index (κ3) is 8.63. The summed E-state index contributed by atoms with van der Waals surface area (Å²) in [5.41, 5.74) is 5.88. The van der Waals surface area contributed by atoms with Crippen LogP contribution in [0.15, 0.2) is 101 Å². The van der Waals surface area contributed by atoms with Crippen molar-refractivity contribution in [2.45, 2.75) is 69.2 Å². The first-order valence-electron chi connectivity index (χ1n) is 18.1. The Morgan fingerprint density at radius 2 is 1.55 bits per heavy atom. The molecule has 1 fully saturated rings. The van der Waals surface area contributed by atoms with Crippen LogP contribution in [0.4, 0.5) is 5.69 Å². The van der Waals surface area contributed by atoms with Gasteiger partial charge in [-0.1, -0.05) is 79.7 Å². The number of amides is 2. The molecule has 5 rings (SSSR count). The van der Waals surface area contributed by atoms with Crippen molar-refractivity contribution in [3.8, 4) is 0 Å². The maximum Gasteiger partial charge on any atom is 0.269 e. The summed E-state index contributed by atoms with van der Waals surface area (Å²) in [6.45, 7) is 5.85. The van der Waals surface area contributed by atoms with Gasteiger partial charge in [0.2, 0.25) is 12.8 Å². The maximum absolute atomic E-state index is 13.1. The number of nitro groups is 1. The number of carbonyl (C=O) groups is 2. The molecule has 0 aliphatic carbocycles. The van der Waals surface area contributed by atoms with Crippen molar-refractivity contribution in [2.24, 2.45) is 4.99 Å². The third-order valence-corrected chi connectivity index (χ3v) is 10.6. The van der Waals surface area contributed by atoms with Crippen LogP contribution in [-0.2, 0) is 19.7 Å². The third-order valence-electron chi connectivity index (χ3n) is 10.6. The number of non-ortho nitro benzene ring substituents is 1. The van der Waals surface area contributed by atoms with Gasteiger partial charge in [-0.15, -0.1) is 0 Å². The van der Waals surface area contributed by atoms with Gasteiger partial charge in [0.05, 0.1) is 28.3 Å². The van der Waals surface area contributed by atoms with Crippen LogP contribution in [0.2, 0.25) is 0 Å². The van der Waals surface area contributed by atoms with E-state index in [1.807, 2.05) is 6.92 Å². The fourth-order valence-electron chi connectivity index (χ4n) is 7.96. The molecule has 3 aromatic rings. The Hall–Kier alpha value is -4.67. The molecule has 51 heavy (non-hydrogen) atoms. The van der Waals surface area contributed by atoms with Crippen LogP contribution in [0.25, 0.3) is 0 Å². The van der Waals surface area contributed by atoms with Crippen LogP contribution in [0.3, 0.4) is 0 Å². The molecule has 1 saturated heterocycles. The first-order valence-corrected chi connectivity index (χ1v) is 18.1. The number of hydrogen-bond acceptors (Lipinski definition) is 7. The van der Waals surface area contributed by atoms with Gasteiger partial charge < -0.3 is 19.4 Å². The van der Waals surface area contributed by atoms with Crippen molar-refractivity contribution in [1.29, 1.82) is 0 Å². The Labute approximate surface area is 302 Å². The number of nitrogens with zero attached hydrogens (tertiary/aromatic N) is 5. The number of allylic oxidation sites excluding steroid dienone is 1. The highest BCUT2D eigenvalue weighted by atomic mass is 16.6. The lowest BCUT2D eigenvalue weighted by atomic mass is 9.68. The van der Waals surface area contributed by atoms with E-state index in [0.29, 0.717) is 26.0 Å². The summed E-state index contributed by atoms with van der Waals surface area (Å²) in [5.74, 6) is -0.427. The molecular formula is C41H51N5O5. The van der Waals surface area contributed by atoms with E-state index in [9.17, 15) is 19.7 Å². The molecule has 0 spiro atoms. The molecular weight excluding hydrogens is 642 g/mol. The van der Waals surface area contributed by atoms with Gasteiger partial charge in [0, 0.05) is 50.6 Å². The minimum atomic E-state index is -0.444. The van der Waals surface area contributed by atoms with Crippen molar-refractivity contribution in [3.63, 3.8) is 0 Å². The molecule has 2 amide bonds. The second-order valence-electron chi connectivity index (χ2n) is 13.6. The summed E-state index contributed by atoms with van der Waals surface area (Å²) < 4.78 is 5.30. The summed E-state index contributed by atoms with van der Waals surface area (Å²) in [7, 11) is 3.41. The molecule has 2 heterocycles. The molecule has 0 saturated carbocycles. The van der Waals surface area contributed by atoms with Gasteiger partial charge in [0.15, 0.2) is 0 Å². The number of rotatable bonds is 18. The van der Waals surface area contributed by atoms with E-state index in [2.05, 4.69) is 65.6 Å². The number of aliphatic imine (C=N–C) groups is 1. The fourth-order valence-corrected chi connectivity index (χ4v) is 7.96. The first-order chi connectivity index (χ1) is 24.9. The zero-order valence-corrected chi connectivity index (χ0v) is 30.2. The van der Waals surface area contributed by atoms with Crippen LogP contribution in [0.5, 0.6) is 0 Å². The molecule has 0 radical (unpaired) electrons. The largest absolute Gasteiger partial charge is 0.385 e. The number of carbonyl (C=O) groups excluding carboxylic acids is 2. The van der Waals surface area contributed by atoms with E-state index < -0.39 is 16.9 Å². The lowest BCUT2D eigenvalue weighted by Gasteiger charge is -2.43. The average Bonchev–Trinajstić information content (AvgIpc) is 3.18. The second kappa shape index (κ2) is 18.0. The minimum absolute atomic E-state index is 0.0122. The standard InChI is InChI=1S/C41H51N5O5/c1-4-36-39(43(2)30-47)38(32-19-21-35(22-20-32)46(49)50)40(37(42-36)18-11-12-29-51-3)45(31-48)26-13-25-44-27-23-41(24-28-44,33-14-7-5-8-15-33)34-16-9-6-10-17-34/h5-10,14-17,19-22,30-31,38-39H,4,11-13,18,23-29H2,1-3H3. The van der Waals surface area contributed by atoms with Crippen LogP contribution >= 0.6 is 0 Å². The topological polar surface area (TPSA) is 109 Å². The highest BCUT2D eigenvalue weighted by Crippen LogP contribution is 2.43. The molecule has 10 heteroatoms. The molecule has 2 aliphatic rings. The van der Waals surface area contributed by atoms with Crippen LogP contribution in [0, 0.1) is 10.1 Å². The lowest BCUT2D eigenvalue weighted by molar-refractivity contribution is -0.384. The number of piperidine rings is 1. The smallest absolute Gasteiger partial charge is 0.269 e. The molecule has 2 aliphatic heterocycles. The van der Waals surface area contributed by atoms with E-state index in [-0.39, 0.29) is 11.1 Å². The molecule has 0 aromatic heterocycles. The van der Waals surface area contributed by atoms with E-state index >= 15 is 0 Å². The van der Waals surface area contributed by atoms with Crippen molar-refractivity contribution >= 4 is 24.2 Å². The fraction of sp³-hybridized carbons (Fsp3) is 0.439. The summed E-state index contributed by atoms with van der Waals surface area (Å²) >= 11 is 0. The normalized spacial score (nSPS) is 18.9. The predicted molar refractivity (Wildman–Crippen MR) is 201 cm³/mol. The SMILES string of the molecule is CCC1=NC(CCCCOC)=C(N(C=O)CCCN2CCC(c3ccccc3)(c3ccccc3)CC2)C(c2ccc([N+](=O)[O-])cc2)C1N(C)C=O. The number of hydrogen-bond donors (Lipinski definition) is 0. The highest BCUT2D eigenvalue weighted by Gasteiger charge is 2.41. The molecule has 0 bridgehead atoms. The van der Waals surface area contributed by atoms with Crippen LogP contribution < -0.4 is 0 Å². The Morgan fingerprint density at radius 1 is 0.922 bits per heavy atom. The summed E-state index contributed by atoms with van der Waals surface area (Å²) in [6.07, 6.45) is 7.37. The van der Waals surface area contributed by atoms with Gasteiger partial charge in [-0.3, -0.25) is 24.7 Å². The predicted octanol–water partition coefficient (Wildman–Crippen LogP) is 6.96. The van der Waals surface area contributed by atoms with Gasteiger partial charge >= 0.3 is 0 Å². The molecule has 10 nitrogen and oxygen atoms in total. The molecule has 2 unspecified atom stereocenters. The number of ether oxygens (including phenoxy) is 1. The summed E-state index contributed by atoms with van der Waals surface area (Å²) in [6, 6.07) is 27.7. The van der Waals surface area contributed by atoms with E-state index in [4.69, 9.17) is 9.73 Å². The Kier molecular flexibility index (Phi) is 13.3. The van der Waals surface area contributed by atoms with Crippen molar-refractivity contribution in [1.82, 2.24) is 14.7 Å². The molecule has 2 atom stereocenters. The number of likely N-dealkylation sites (N-methyl/N-ethyl adjacent to an activating group) is 1. The van der Waals surface area contributed by atoms with Crippen molar-refractivity contribution in [2.75, 3.05) is 46.9 Å². The maximum atomic E-state index is 13.1. The van der Waals surface area contributed by atoms with Gasteiger partial charge in [-0.25, -0.2) is 0 Å². The molecule has 270 valence electrons. The quantitative estimate of drug-likeness (QED) is 0.0617. The number of benzene rings is 3. The highest BCUT2D eigenvalue weighted by molar-refractivity contribution is 5.94. The average molecular weight is 694 g/mol. The van der Waals surface area contributed by atoms with E-state index in [0.717, 1.165) is 87.2 Å². The Bertz CT molecular complexity index is 1610. The van der Waals surface area contributed by atoms with Crippen molar-refractivity contribution < 1.29 is 19.2 Å². The summed E-state index contributed by atoms with van der Waals surface area (Å²) in [5, 5.41) is 11.5. The van der Waals surface area contributed by atoms with Crippen LogP contribution in [0.1, 0.15) is 74.5 Å². The van der Waals surface area contributed by atoms with Gasteiger partial charge in [-0.2, -0.15) is 0 Å². The zero-order chi connectivity index (χ0) is 36.2. The number of methoxy groups -OCH3 is 1. The number of nitro benzene ring substituents is 1. The number of unbranched alkanes of at least 4 members (excludes halogenated alkanes) is 1. The first kappa shape index (κ1) is 37.6. The second-order valence-corrected chi connectivity index (χ2v) is 13.6. The number of likely N-dealkylation sites (tertiary alicyclic amines) is 1. The Morgan fingerprint density at radius 3 is 2.08 bits per heavy atom. The van der Waals surface area contributed by atoms with Crippen molar-refractivity contribution in [3.05, 3.63) is 123 Å². The van der Waals surface area contributed by atoms with E-state index in [1.165, 1.54) is 23.3 Å². The minimum Gasteiger partial charge on any atom is -0.385 e.